The van der Waals surface area contributed by atoms with E-state index in [1.54, 1.807) is 23.1 Å². The second-order valence-corrected chi connectivity index (χ2v) is 8.50. The number of amides is 1. The fourth-order valence-corrected chi connectivity index (χ4v) is 4.02. The molecule has 4 N–H and O–H groups in total. The van der Waals surface area contributed by atoms with Gasteiger partial charge in [0.15, 0.2) is 17.5 Å². The Kier molecular flexibility index (Phi) is 8.24. The highest BCUT2D eigenvalue weighted by Crippen LogP contribution is 2.31. The molecule has 1 aromatic heterocycles. The summed E-state index contributed by atoms with van der Waals surface area (Å²) in [5.74, 6) is -2.28. The summed E-state index contributed by atoms with van der Waals surface area (Å²) < 4.78 is 42.7. The van der Waals surface area contributed by atoms with E-state index in [2.05, 4.69) is 27.2 Å². The third kappa shape index (κ3) is 6.18. The van der Waals surface area contributed by atoms with E-state index in [1.807, 2.05) is 0 Å². The number of rotatable bonds is 9. The number of nitrogens with one attached hydrogen (secondary N) is 2. The van der Waals surface area contributed by atoms with Crippen LogP contribution in [-0.4, -0.2) is 53.5 Å². The zero-order chi connectivity index (χ0) is 26.4. The molecule has 4 rings (SSSR count). The van der Waals surface area contributed by atoms with Crippen LogP contribution in [0.3, 0.4) is 0 Å². The first-order chi connectivity index (χ1) is 17.8. The molecule has 0 unspecified atom stereocenters. The van der Waals surface area contributed by atoms with Crippen molar-refractivity contribution in [2.75, 3.05) is 48.7 Å². The Bertz CT molecular complexity index is 1280. The Morgan fingerprint density at radius 2 is 1.84 bits per heavy atom. The van der Waals surface area contributed by atoms with Crippen molar-refractivity contribution in [1.29, 1.82) is 0 Å². The lowest BCUT2D eigenvalue weighted by molar-refractivity contribution is -0.131. The van der Waals surface area contributed by atoms with Gasteiger partial charge < -0.3 is 26.2 Å². The van der Waals surface area contributed by atoms with Crippen LogP contribution in [0.1, 0.15) is 17.5 Å². The monoisotopic (exact) mass is 511 g/mol. The molecule has 1 aliphatic heterocycles. The molecule has 1 saturated heterocycles. The lowest BCUT2D eigenvalue weighted by Crippen LogP contribution is -2.47. The zero-order valence-corrected chi connectivity index (χ0v) is 20.2. The number of halogens is 3. The maximum atomic E-state index is 14.7. The van der Waals surface area contributed by atoms with E-state index in [4.69, 9.17) is 5.73 Å². The van der Waals surface area contributed by atoms with E-state index >= 15 is 0 Å². The van der Waals surface area contributed by atoms with Crippen LogP contribution < -0.4 is 21.3 Å². The highest BCUT2D eigenvalue weighted by Gasteiger charge is 2.24. The maximum absolute atomic E-state index is 14.7. The Hall–Kier alpha value is -4.12. The van der Waals surface area contributed by atoms with Crippen molar-refractivity contribution in [2.45, 2.75) is 13.0 Å². The van der Waals surface area contributed by atoms with Crippen molar-refractivity contribution >= 4 is 29.1 Å². The number of carbonyl (C=O) groups excluding carboxylic acids is 1. The first-order valence-corrected chi connectivity index (χ1v) is 11.8. The number of aromatic nitrogens is 2. The van der Waals surface area contributed by atoms with Crippen LogP contribution in [0.4, 0.5) is 30.6 Å². The van der Waals surface area contributed by atoms with Gasteiger partial charge in [0.1, 0.15) is 5.82 Å². The molecule has 0 aliphatic carbocycles. The number of hydrogen-bond acceptors (Lipinski definition) is 7. The third-order valence-corrected chi connectivity index (χ3v) is 6.05. The van der Waals surface area contributed by atoms with Gasteiger partial charge in [0.25, 0.3) is 0 Å². The van der Waals surface area contributed by atoms with Gasteiger partial charge in [-0.3, -0.25) is 4.79 Å². The summed E-state index contributed by atoms with van der Waals surface area (Å²) in [5.41, 5.74) is 6.73. The molecule has 0 atom stereocenters. The molecule has 11 heteroatoms. The van der Waals surface area contributed by atoms with Crippen LogP contribution in [-0.2, 0) is 11.3 Å². The number of nitrogen functional groups attached to an aromatic ring is 1. The van der Waals surface area contributed by atoms with Crippen molar-refractivity contribution in [3.05, 3.63) is 83.8 Å². The van der Waals surface area contributed by atoms with Crippen molar-refractivity contribution in [2.24, 2.45) is 0 Å². The summed E-state index contributed by atoms with van der Waals surface area (Å²) in [7, 11) is 0. The largest absolute Gasteiger partial charge is 0.394 e. The van der Waals surface area contributed by atoms with E-state index < -0.39 is 11.6 Å². The first kappa shape index (κ1) is 26.0. The van der Waals surface area contributed by atoms with Gasteiger partial charge in [-0.1, -0.05) is 30.8 Å². The summed E-state index contributed by atoms with van der Waals surface area (Å²) in [6, 6.07) is 10.0. The van der Waals surface area contributed by atoms with Crippen molar-refractivity contribution in [3.63, 3.8) is 0 Å². The van der Waals surface area contributed by atoms with Crippen LogP contribution in [0, 0.1) is 17.5 Å². The minimum Gasteiger partial charge on any atom is -0.394 e. The van der Waals surface area contributed by atoms with Gasteiger partial charge in [-0.05, 0) is 18.2 Å². The molecule has 2 aromatic carbocycles. The van der Waals surface area contributed by atoms with Crippen LogP contribution in [0.25, 0.3) is 5.70 Å². The molecule has 0 spiro atoms. The summed E-state index contributed by atoms with van der Waals surface area (Å²) >= 11 is 0. The average Bonchev–Trinajstić information content (AvgIpc) is 2.91. The Morgan fingerprint density at radius 3 is 2.59 bits per heavy atom. The second kappa shape index (κ2) is 11.7. The van der Waals surface area contributed by atoms with Gasteiger partial charge in [0, 0.05) is 62.5 Å². The topological polar surface area (TPSA) is 99.4 Å². The van der Waals surface area contributed by atoms with Gasteiger partial charge in [-0.2, -0.15) is 4.98 Å². The molecule has 1 fully saturated rings. The molecular formula is C26H28F3N7O. The number of benzene rings is 2. The summed E-state index contributed by atoms with van der Waals surface area (Å²) in [5, 5.41) is 6.14. The van der Waals surface area contributed by atoms with E-state index in [0.717, 1.165) is 6.07 Å². The number of anilines is 3. The lowest BCUT2D eigenvalue weighted by Gasteiger charge is -2.30. The fourth-order valence-electron chi connectivity index (χ4n) is 4.02. The first-order valence-electron chi connectivity index (χ1n) is 11.8. The smallest absolute Gasteiger partial charge is 0.225 e. The molecule has 1 aliphatic rings. The number of carbonyl (C=O) groups is 1. The highest BCUT2D eigenvalue weighted by molar-refractivity contribution is 5.84. The predicted octanol–water partition coefficient (Wildman–Crippen LogP) is 3.39. The Morgan fingerprint density at radius 1 is 1.11 bits per heavy atom. The average molecular weight is 512 g/mol. The lowest BCUT2D eigenvalue weighted by atomic mass is 10.1. The summed E-state index contributed by atoms with van der Waals surface area (Å²) in [4.78, 5) is 24.7. The van der Waals surface area contributed by atoms with Gasteiger partial charge in [-0.25, -0.2) is 18.2 Å². The maximum Gasteiger partial charge on any atom is 0.225 e. The molecule has 2 heterocycles. The molecule has 194 valence electrons. The Labute approximate surface area is 213 Å². The van der Waals surface area contributed by atoms with Crippen LogP contribution >= 0.6 is 0 Å². The fraction of sp³-hybridized carbons (Fsp3) is 0.269. The summed E-state index contributed by atoms with van der Waals surface area (Å²) in [6.45, 7) is 6.70. The molecule has 0 bridgehead atoms. The van der Waals surface area contributed by atoms with Gasteiger partial charge >= 0.3 is 0 Å². The predicted molar refractivity (Wildman–Crippen MR) is 137 cm³/mol. The SMILES string of the molecule is C=C(c1cccc(F)c1F)N(CCC(=O)N1CCNCC1)c1nc(NCc2ccccc2F)ncc1N. The second-order valence-electron chi connectivity index (χ2n) is 8.50. The molecule has 37 heavy (non-hydrogen) atoms. The molecule has 0 saturated carbocycles. The molecular weight excluding hydrogens is 483 g/mol. The van der Waals surface area contributed by atoms with E-state index in [9.17, 15) is 18.0 Å². The van der Waals surface area contributed by atoms with Gasteiger partial charge in [0.2, 0.25) is 11.9 Å². The van der Waals surface area contributed by atoms with Gasteiger partial charge in [-0.15, -0.1) is 0 Å². The summed E-state index contributed by atoms with van der Waals surface area (Å²) in [6.07, 6.45) is 1.42. The highest BCUT2D eigenvalue weighted by atomic mass is 19.2. The standard InChI is InChI=1S/C26H28F3N7O/c1-17(19-6-4-8-21(28)24(19)29)36(12-9-23(37)35-13-10-31-11-14-35)25-22(30)16-33-26(34-25)32-15-18-5-2-3-7-20(18)27/h2-8,16,31H,1,9-15,30H2,(H,32,33,34). The zero-order valence-electron chi connectivity index (χ0n) is 20.2. The van der Waals surface area contributed by atoms with Gasteiger partial charge in [0.05, 0.1) is 11.9 Å². The number of nitrogens with zero attached hydrogens (tertiary/aromatic N) is 4. The number of hydrogen-bond donors (Lipinski definition) is 3. The van der Waals surface area contributed by atoms with Crippen molar-refractivity contribution in [1.82, 2.24) is 20.2 Å². The van der Waals surface area contributed by atoms with Crippen molar-refractivity contribution < 1.29 is 18.0 Å². The normalized spacial score (nSPS) is 13.3. The quantitative estimate of drug-likeness (QED) is 0.405. The number of piperazine rings is 1. The number of nitrogens with two attached hydrogens (primary N) is 1. The van der Waals surface area contributed by atoms with Crippen LogP contribution in [0.15, 0.2) is 55.2 Å². The van der Waals surface area contributed by atoms with E-state index in [1.165, 1.54) is 29.3 Å². The van der Waals surface area contributed by atoms with E-state index in [0.29, 0.717) is 31.7 Å². The van der Waals surface area contributed by atoms with Crippen molar-refractivity contribution in [3.8, 4) is 0 Å². The molecule has 1 amide bonds. The minimum absolute atomic E-state index is 0.0610. The molecule has 0 radical (unpaired) electrons. The van der Waals surface area contributed by atoms with Crippen LogP contribution in [0.5, 0.6) is 0 Å². The molecule has 3 aromatic rings. The van der Waals surface area contributed by atoms with E-state index in [-0.39, 0.29) is 59.9 Å². The van der Waals surface area contributed by atoms with Crippen LogP contribution in [0.2, 0.25) is 0 Å². The minimum atomic E-state index is -1.07. The molecule has 8 nitrogen and oxygen atoms in total. The third-order valence-electron chi connectivity index (χ3n) is 6.05. The Balaban J connectivity index is 1.61.